The van der Waals surface area contributed by atoms with Crippen LogP contribution in [0, 0.1) is 11.3 Å². The Morgan fingerprint density at radius 3 is 2.48 bits per heavy atom. The second-order valence-corrected chi connectivity index (χ2v) is 7.29. The van der Waals surface area contributed by atoms with E-state index in [0.717, 1.165) is 37.8 Å². The van der Waals surface area contributed by atoms with Crippen LogP contribution in [0.3, 0.4) is 0 Å². The van der Waals surface area contributed by atoms with Crippen molar-refractivity contribution >= 4 is 5.84 Å². The summed E-state index contributed by atoms with van der Waals surface area (Å²) in [6.07, 6.45) is 11.5. The van der Waals surface area contributed by atoms with Gasteiger partial charge in [0.05, 0.1) is 0 Å². The highest BCUT2D eigenvalue weighted by Crippen LogP contribution is 2.28. The van der Waals surface area contributed by atoms with Crippen molar-refractivity contribution in [1.82, 2.24) is 5.32 Å². The summed E-state index contributed by atoms with van der Waals surface area (Å²) in [4.78, 5) is 0. The van der Waals surface area contributed by atoms with Gasteiger partial charge in [0.15, 0.2) is 0 Å². The summed E-state index contributed by atoms with van der Waals surface area (Å²) in [5.74, 6) is 1.32. The summed E-state index contributed by atoms with van der Waals surface area (Å²) in [5, 5.41) is 15.6. The standard InChI is InChI=1S/C17H35N3O/c1-4-7-14-8-10-15(11-9-14)19-13-6-5-12-17(2,3)16(18)20-21/h14-15,19,21H,4-13H2,1-3H3,(H2,18,20). The largest absolute Gasteiger partial charge is 0.409 e. The zero-order valence-corrected chi connectivity index (χ0v) is 14.2. The van der Waals surface area contributed by atoms with Crippen LogP contribution in [0.4, 0.5) is 0 Å². The third-order valence-corrected chi connectivity index (χ3v) is 5.01. The van der Waals surface area contributed by atoms with Gasteiger partial charge in [-0.1, -0.05) is 45.2 Å². The van der Waals surface area contributed by atoms with E-state index in [4.69, 9.17) is 10.9 Å². The number of unbranched alkanes of at least 4 members (excludes halogenated alkanes) is 1. The van der Waals surface area contributed by atoms with Crippen molar-refractivity contribution in [2.75, 3.05) is 6.54 Å². The molecule has 0 unspecified atom stereocenters. The molecule has 1 rings (SSSR count). The molecule has 0 atom stereocenters. The summed E-state index contributed by atoms with van der Waals surface area (Å²) in [5.41, 5.74) is 5.50. The molecule has 0 aromatic carbocycles. The highest BCUT2D eigenvalue weighted by atomic mass is 16.4. The van der Waals surface area contributed by atoms with Gasteiger partial charge in [-0.2, -0.15) is 0 Å². The van der Waals surface area contributed by atoms with Gasteiger partial charge in [0.25, 0.3) is 0 Å². The van der Waals surface area contributed by atoms with Crippen LogP contribution in [0.5, 0.6) is 0 Å². The second kappa shape index (κ2) is 9.29. The van der Waals surface area contributed by atoms with E-state index < -0.39 is 0 Å². The van der Waals surface area contributed by atoms with Gasteiger partial charge in [0.1, 0.15) is 5.84 Å². The number of amidine groups is 1. The number of hydrogen-bond donors (Lipinski definition) is 3. The molecule has 0 amide bonds. The maximum atomic E-state index is 8.75. The first-order chi connectivity index (χ1) is 9.99. The third kappa shape index (κ3) is 6.68. The smallest absolute Gasteiger partial charge is 0.144 e. The Morgan fingerprint density at radius 1 is 1.24 bits per heavy atom. The van der Waals surface area contributed by atoms with Crippen molar-refractivity contribution in [2.24, 2.45) is 22.2 Å². The topological polar surface area (TPSA) is 70.6 Å². The quantitative estimate of drug-likeness (QED) is 0.199. The number of oxime groups is 1. The lowest BCUT2D eigenvalue weighted by atomic mass is 9.83. The number of nitrogens with two attached hydrogens (primary N) is 1. The Morgan fingerprint density at radius 2 is 1.90 bits per heavy atom. The summed E-state index contributed by atoms with van der Waals surface area (Å²) in [6, 6.07) is 0.732. The summed E-state index contributed by atoms with van der Waals surface area (Å²) >= 11 is 0. The molecule has 1 saturated carbocycles. The van der Waals surface area contributed by atoms with Crippen molar-refractivity contribution < 1.29 is 5.21 Å². The second-order valence-electron chi connectivity index (χ2n) is 7.29. The lowest BCUT2D eigenvalue weighted by molar-refractivity contribution is 0.276. The Bertz CT molecular complexity index is 307. The van der Waals surface area contributed by atoms with Crippen molar-refractivity contribution in [2.45, 2.75) is 84.6 Å². The molecule has 21 heavy (non-hydrogen) atoms. The van der Waals surface area contributed by atoms with Crippen LogP contribution in [0.1, 0.15) is 78.6 Å². The maximum absolute atomic E-state index is 8.75. The molecule has 0 heterocycles. The normalized spacial score (nSPS) is 24.2. The zero-order valence-electron chi connectivity index (χ0n) is 14.2. The highest BCUT2D eigenvalue weighted by Gasteiger charge is 2.23. The van der Waals surface area contributed by atoms with Gasteiger partial charge in [-0.15, -0.1) is 0 Å². The van der Waals surface area contributed by atoms with E-state index in [1.54, 1.807) is 0 Å². The van der Waals surface area contributed by atoms with Crippen LogP contribution in [0.25, 0.3) is 0 Å². The number of nitrogens with one attached hydrogen (secondary N) is 1. The molecule has 1 aliphatic carbocycles. The predicted molar refractivity (Wildman–Crippen MR) is 89.7 cm³/mol. The molecule has 4 heteroatoms. The van der Waals surface area contributed by atoms with Crippen molar-refractivity contribution in [3.8, 4) is 0 Å². The Balaban J connectivity index is 2.08. The minimum atomic E-state index is -0.201. The van der Waals surface area contributed by atoms with Crippen LogP contribution in [-0.2, 0) is 0 Å². The molecule has 124 valence electrons. The van der Waals surface area contributed by atoms with Crippen molar-refractivity contribution in [3.63, 3.8) is 0 Å². The molecule has 1 aliphatic rings. The van der Waals surface area contributed by atoms with E-state index in [9.17, 15) is 0 Å². The van der Waals surface area contributed by atoms with Crippen LogP contribution < -0.4 is 11.1 Å². The third-order valence-electron chi connectivity index (χ3n) is 5.01. The molecule has 0 aromatic rings. The Labute approximate surface area is 130 Å². The van der Waals surface area contributed by atoms with E-state index in [2.05, 4.69) is 17.4 Å². The average Bonchev–Trinajstić information content (AvgIpc) is 2.48. The summed E-state index contributed by atoms with van der Waals surface area (Å²) < 4.78 is 0. The fourth-order valence-corrected chi connectivity index (χ4v) is 3.33. The first-order valence-corrected chi connectivity index (χ1v) is 8.71. The van der Waals surface area contributed by atoms with E-state index >= 15 is 0 Å². The highest BCUT2D eigenvalue weighted by molar-refractivity contribution is 5.85. The number of nitrogens with zero attached hydrogens (tertiary/aromatic N) is 1. The zero-order chi connectivity index (χ0) is 15.7. The minimum absolute atomic E-state index is 0.201. The van der Waals surface area contributed by atoms with Gasteiger partial charge in [-0.05, 0) is 51.0 Å². The summed E-state index contributed by atoms with van der Waals surface area (Å²) in [6.45, 7) is 7.45. The first-order valence-electron chi connectivity index (χ1n) is 8.71. The van der Waals surface area contributed by atoms with Gasteiger partial charge in [-0.25, -0.2) is 0 Å². The fraction of sp³-hybridized carbons (Fsp3) is 0.941. The predicted octanol–water partition coefficient (Wildman–Crippen LogP) is 3.88. The molecule has 4 N–H and O–H groups in total. The van der Waals surface area contributed by atoms with E-state index in [1.807, 2.05) is 13.8 Å². The number of rotatable bonds is 9. The van der Waals surface area contributed by atoms with Crippen LogP contribution in [0.2, 0.25) is 0 Å². The van der Waals surface area contributed by atoms with Gasteiger partial charge >= 0.3 is 0 Å². The van der Waals surface area contributed by atoms with Crippen LogP contribution in [0.15, 0.2) is 5.16 Å². The molecule has 4 nitrogen and oxygen atoms in total. The molecule has 0 bridgehead atoms. The fourth-order valence-electron chi connectivity index (χ4n) is 3.33. The van der Waals surface area contributed by atoms with Crippen molar-refractivity contribution in [3.05, 3.63) is 0 Å². The molecular formula is C17H35N3O. The number of hydrogen-bond acceptors (Lipinski definition) is 3. The lowest BCUT2D eigenvalue weighted by Crippen LogP contribution is -2.34. The molecule has 0 aromatic heterocycles. The Kier molecular flexibility index (Phi) is 8.09. The molecule has 0 aliphatic heterocycles. The molecule has 0 spiro atoms. The van der Waals surface area contributed by atoms with E-state index in [0.29, 0.717) is 5.84 Å². The molecular weight excluding hydrogens is 262 g/mol. The van der Waals surface area contributed by atoms with E-state index in [1.165, 1.54) is 38.5 Å². The van der Waals surface area contributed by atoms with Gasteiger partial charge < -0.3 is 16.3 Å². The minimum Gasteiger partial charge on any atom is -0.409 e. The summed E-state index contributed by atoms with van der Waals surface area (Å²) in [7, 11) is 0. The van der Waals surface area contributed by atoms with Gasteiger partial charge in [-0.3, -0.25) is 0 Å². The molecule has 0 saturated heterocycles. The van der Waals surface area contributed by atoms with Gasteiger partial charge in [0.2, 0.25) is 0 Å². The molecule has 1 fully saturated rings. The average molecular weight is 297 g/mol. The SMILES string of the molecule is CCCC1CCC(NCCCCC(C)(C)C(N)=NO)CC1. The Hall–Kier alpha value is -0.770. The van der Waals surface area contributed by atoms with Crippen LogP contribution >= 0.6 is 0 Å². The van der Waals surface area contributed by atoms with Crippen molar-refractivity contribution in [1.29, 1.82) is 0 Å². The van der Waals surface area contributed by atoms with E-state index in [-0.39, 0.29) is 5.41 Å². The monoisotopic (exact) mass is 297 g/mol. The van der Waals surface area contributed by atoms with Crippen LogP contribution in [-0.4, -0.2) is 23.6 Å². The molecule has 0 radical (unpaired) electrons. The first kappa shape index (κ1) is 18.3. The maximum Gasteiger partial charge on any atom is 0.144 e. The lowest BCUT2D eigenvalue weighted by Gasteiger charge is -2.29. The van der Waals surface area contributed by atoms with Gasteiger partial charge in [0, 0.05) is 11.5 Å².